The maximum absolute atomic E-state index is 8.68. The zero-order chi connectivity index (χ0) is 8.27. The van der Waals surface area contributed by atoms with Gasteiger partial charge in [-0.2, -0.15) is 0 Å². The molecule has 0 aliphatic heterocycles. The minimum absolute atomic E-state index is 0.150. The molecule has 1 rings (SSSR count). The van der Waals surface area contributed by atoms with Crippen LogP contribution in [0.2, 0.25) is 0 Å². The first-order valence-electron chi connectivity index (χ1n) is 3.54. The number of imidazole rings is 1. The molecule has 0 saturated heterocycles. The minimum Gasteiger partial charge on any atom is -0.395 e. The number of nitrogens with zero attached hydrogens (tertiary/aromatic N) is 3. The van der Waals surface area contributed by atoms with Crippen LogP contribution in [0, 0.1) is 0 Å². The Morgan fingerprint density at radius 1 is 1.64 bits per heavy atom. The van der Waals surface area contributed by atoms with Crippen molar-refractivity contribution in [3.8, 4) is 0 Å². The maximum Gasteiger partial charge on any atom is 0.128 e. The van der Waals surface area contributed by atoms with Crippen LogP contribution in [-0.4, -0.2) is 35.4 Å². The second-order valence-corrected chi connectivity index (χ2v) is 2.56. The van der Waals surface area contributed by atoms with Gasteiger partial charge in [-0.3, -0.25) is 0 Å². The number of aliphatic hydroxyl groups is 1. The Kier molecular flexibility index (Phi) is 2.48. The van der Waals surface area contributed by atoms with Gasteiger partial charge in [0.15, 0.2) is 0 Å². The van der Waals surface area contributed by atoms with E-state index in [0.717, 1.165) is 5.82 Å². The second-order valence-electron chi connectivity index (χ2n) is 2.56. The van der Waals surface area contributed by atoms with Crippen molar-refractivity contribution in [3.05, 3.63) is 12.5 Å². The first-order chi connectivity index (χ1) is 5.25. The molecule has 0 aromatic carbocycles. The van der Waals surface area contributed by atoms with E-state index in [9.17, 15) is 0 Å². The molecule has 0 fully saturated rings. The van der Waals surface area contributed by atoms with Crippen molar-refractivity contribution in [2.45, 2.75) is 6.54 Å². The summed E-state index contributed by atoms with van der Waals surface area (Å²) in [4.78, 5) is 5.93. The molecule has 0 atom stereocenters. The number of aliphatic hydroxyl groups excluding tert-OH is 1. The lowest BCUT2D eigenvalue weighted by Crippen LogP contribution is -2.14. The Bertz CT molecular complexity index is 219. The van der Waals surface area contributed by atoms with Gasteiger partial charge in [-0.05, 0) is 0 Å². The van der Waals surface area contributed by atoms with Gasteiger partial charge in [0.25, 0.3) is 0 Å². The van der Waals surface area contributed by atoms with Crippen molar-refractivity contribution in [2.75, 3.05) is 25.6 Å². The first-order valence-corrected chi connectivity index (χ1v) is 3.54. The van der Waals surface area contributed by atoms with E-state index in [4.69, 9.17) is 5.11 Å². The average Bonchev–Trinajstić information content (AvgIpc) is 2.36. The summed E-state index contributed by atoms with van der Waals surface area (Å²) in [5, 5.41) is 8.68. The molecular formula is C7H13N3O. The molecule has 0 unspecified atom stereocenters. The van der Waals surface area contributed by atoms with E-state index in [0.29, 0.717) is 6.54 Å². The summed E-state index contributed by atoms with van der Waals surface area (Å²) in [5.74, 6) is 1.01. The van der Waals surface area contributed by atoms with Crippen LogP contribution < -0.4 is 4.90 Å². The Hall–Kier alpha value is -1.03. The summed E-state index contributed by atoms with van der Waals surface area (Å²) in [6, 6.07) is 0. The molecular weight excluding hydrogens is 142 g/mol. The molecule has 1 heterocycles. The molecule has 0 aliphatic carbocycles. The van der Waals surface area contributed by atoms with Gasteiger partial charge in [0.05, 0.1) is 19.1 Å². The van der Waals surface area contributed by atoms with Crippen LogP contribution in [0.4, 0.5) is 5.82 Å². The number of hydrogen-bond donors (Lipinski definition) is 1. The standard InChI is InChI=1S/C7H13N3O/c1-9(2)7-5-8-6-10(7)3-4-11/h5-6,11H,3-4H2,1-2H3. The highest BCUT2D eigenvalue weighted by molar-refractivity contribution is 5.34. The molecule has 0 radical (unpaired) electrons. The Morgan fingerprint density at radius 3 is 2.91 bits per heavy atom. The average molecular weight is 155 g/mol. The van der Waals surface area contributed by atoms with Crippen LogP contribution in [-0.2, 0) is 6.54 Å². The van der Waals surface area contributed by atoms with E-state index >= 15 is 0 Å². The van der Waals surface area contributed by atoms with Crippen LogP contribution in [0.3, 0.4) is 0 Å². The van der Waals surface area contributed by atoms with Gasteiger partial charge in [-0.25, -0.2) is 4.98 Å². The highest BCUT2D eigenvalue weighted by Gasteiger charge is 2.01. The van der Waals surface area contributed by atoms with E-state index in [1.165, 1.54) is 0 Å². The maximum atomic E-state index is 8.68. The van der Waals surface area contributed by atoms with Crippen LogP contribution in [0.25, 0.3) is 0 Å². The van der Waals surface area contributed by atoms with E-state index in [1.54, 1.807) is 12.5 Å². The fraction of sp³-hybridized carbons (Fsp3) is 0.571. The van der Waals surface area contributed by atoms with E-state index in [1.807, 2.05) is 23.6 Å². The number of rotatable bonds is 3. The lowest BCUT2D eigenvalue weighted by atomic mass is 10.6. The summed E-state index contributed by atoms with van der Waals surface area (Å²) in [6.07, 6.45) is 3.49. The fourth-order valence-corrected chi connectivity index (χ4v) is 0.966. The summed E-state index contributed by atoms with van der Waals surface area (Å²) in [5.41, 5.74) is 0. The van der Waals surface area contributed by atoms with Crippen molar-refractivity contribution < 1.29 is 5.11 Å². The fourth-order valence-electron chi connectivity index (χ4n) is 0.966. The number of anilines is 1. The lowest BCUT2D eigenvalue weighted by Gasteiger charge is -2.13. The molecule has 0 spiro atoms. The van der Waals surface area contributed by atoms with Gasteiger partial charge < -0.3 is 14.6 Å². The van der Waals surface area contributed by atoms with Gasteiger partial charge in [0.2, 0.25) is 0 Å². The predicted octanol–water partition coefficient (Wildman–Crippen LogP) is -0.0586. The summed E-state index contributed by atoms with van der Waals surface area (Å²) < 4.78 is 1.90. The zero-order valence-electron chi connectivity index (χ0n) is 6.86. The molecule has 11 heavy (non-hydrogen) atoms. The summed E-state index contributed by atoms with van der Waals surface area (Å²) >= 11 is 0. The minimum atomic E-state index is 0.150. The molecule has 1 aromatic heterocycles. The topological polar surface area (TPSA) is 41.3 Å². The normalized spacial score (nSPS) is 10.1. The van der Waals surface area contributed by atoms with Crippen molar-refractivity contribution >= 4 is 5.82 Å². The van der Waals surface area contributed by atoms with Gasteiger partial charge in [0.1, 0.15) is 5.82 Å². The summed E-state index contributed by atoms with van der Waals surface area (Å²) in [6.45, 7) is 0.755. The van der Waals surface area contributed by atoms with Crippen molar-refractivity contribution in [1.82, 2.24) is 9.55 Å². The molecule has 0 amide bonds. The van der Waals surface area contributed by atoms with E-state index in [-0.39, 0.29) is 6.61 Å². The third kappa shape index (κ3) is 1.71. The van der Waals surface area contributed by atoms with Gasteiger partial charge in [-0.15, -0.1) is 0 Å². The van der Waals surface area contributed by atoms with Crippen LogP contribution >= 0.6 is 0 Å². The van der Waals surface area contributed by atoms with Crippen molar-refractivity contribution in [3.63, 3.8) is 0 Å². The highest BCUT2D eigenvalue weighted by Crippen LogP contribution is 2.08. The second kappa shape index (κ2) is 3.39. The number of aromatic nitrogens is 2. The zero-order valence-corrected chi connectivity index (χ0v) is 6.86. The van der Waals surface area contributed by atoms with E-state index in [2.05, 4.69) is 4.98 Å². The highest BCUT2D eigenvalue weighted by atomic mass is 16.3. The SMILES string of the molecule is CN(C)c1cncn1CCO. The lowest BCUT2D eigenvalue weighted by molar-refractivity contribution is 0.276. The van der Waals surface area contributed by atoms with Gasteiger partial charge in [0, 0.05) is 20.6 Å². The molecule has 1 N–H and O–H groups in total. The molecule has 0 aliphatic rings. The third-order valence-corrected chi connectivity index (χ3v) is 1.49. The van der Waals surface area contributed by atoms with Crippen LogP contribution in [0.15, 0.2) is 12.5 Å². The third-order valence-electron chi connectivity index (χ3n) is 1.49. The van der Waals surface area contributed by atoms with E-state index < -0.39 is 0 Å². The Balaban J connectivity index is 2.78. The quantitative estimate of drug-likeness (QED) is 0.665. The van der Waals surface area contributed by atoms with Gasteiger partial charge >= 0.3 is 0 Å². The number of hydrogen-bond acceptors (Lipinski definition) is 3. The molecule has 1 aromatic rings. The molecule has 0 bridgehead atoms. The summed E-state index contributed by atoms with van der Waals surface area (Å²) in [7, 11) is 3.90. The van der Waals surface area contributed by atoms with Gasteiger partial charge in [-0.1, -0.05) is 0 Å². The smallest absolute Gasteiger partial charge is 0.128 e. The van der Waals surface area contributed by atoms with Crippen molar-refractivity contribution in [2.24, 2.45) is 0 Å². The Morgan fingerprint density at radius 2 is 2.36 bits per heavy atom. The molecule has 62 valence electrons. The predicted molar refractivity (Wildman–Crippen MR) is 43.6 cm³/mol. The largest absolute Gasteiger partial charge is 0.395 e. The van der Waals surface area contributed by atoms with Crippen LogP contribution in [0.5, 0.6) is 0 Å². The first kappa shape index (κ1) is 8.07. The molecule has 4 heteroatoms. The monoisotopic (exact) mass is 155 g/mol. The Labute approximate surface area is 66.1 Å². The molecule has 0 saturated carbocycles. The molecule has 4 nitrogen and oxygen atoms in total. The van der Waals surface area contributed by atoms with Crippen molar-refractivity contribution in [1.29, 1.82) is 0 Å². The van der Waals surface area contributed by atoms with Crippen LogP contribution in [0.1, 0.15) is 0 Å².